The molecule has 0 bridgehead atoms. The van der Waals surface area contributed by atoms with Gasteiger partial charge in [0.25, 0.3) is 10.1 Å². The lowest BCUT2D eigenvalue weighted by Gasteiger charge is -2.10. The van der Waals surface area contributed by atoms with Gasteiger partial charge in [0.05, 0.1) is 6.26 Å². The molecular weight excluding hydrogens is 265 g/mol. The summed E-state index contributed by atoms with van der Waals surface area (Å²) in [6.07, 6.45) is -4.00. The van der Waals surface area contributed by atoms with Crippen LogP contribution >= 0.6 is 0 Å². The number of alkyl halides is 3. The van der Waals surface area contributed by atoms with E-state index in [1.165, 1.54) is 6.07 Å². The molecule has 0 unspecified atom stereocenters. The van der Waals surface area contributed by atoms with Crippen LogP contribution in [-0.4, -0.2) is 14.7 Å². The van der Waals surface area contributed by atoms with Crippen molar-refractivity contribution in [2.24, 2.45) is 0 Å². The van der Waals surface area contributed by atoms with Gasteiger partial charge in [0.2, 0.25) is 0 Å². The van der Waals surface area contributed by atoms with Gasteiger partial charge in [0.15, 0.2) is 5.75 Å². The van der Waals surface area contributed by atoms with E-state index in [0.29, 0.717) is 6.26 Å². The second kappa shape index (κ2) is 4.90. The van der Waals surface area contributed by atoms with Crippen LogP contribution in [0.15, 0.2) is 24.3 Å². The number of benzene rings is 1. The minimum atomic E-state index is -4.65. The molecule has 0 spiro atoms. The van der Waals surface area contributed by atoms with Crippen molar-refractivity contribution in [3.05, 3.63) is 29.8 Å². The topological polar surface area (TPSA) is 61.8 Å². The predicted octanol–water partition coefficient (Wildman–Crippen LogP) is 1.91. The van der Waals surface area contributed by atoms with Crippen LogP contribution in [0.3, 0.4) is 0 Å². The maximum atomic E-state index is 12.4. The molecule has 9 heteroatoms. The molecule has 0 aliphatic rings. The van der Waals surface area contributed by atoms with Crippen molar-refractivity contribution in [3.63, 3.8) is 0 Å². The summed E-state index contributed by atoms with van der Waals surface area (Å²) in [5.74, 6) is -0.705. The summed E-state index contributed by atoms with van der Waals surface area (Å²) < 4.78 is 61.8. The Hall–Kier alpha value is -1.32. The highest BCUT2D eigenvalue weighted by Gasteiger charge is 2.34. The Morgan fingerprint density at radius 2 is 1.76 bits per heavy atom. The van der Waals surface area contributed by atoms with E-state index in [1.54, 1.807) is 0 Å². The molecule has 0 aromatic heterocycles. The maximum absolute atomic E-state index is 12.4. The second-order valence-corrected chi connectivity index (χ2v) is 4.46. The first-order valence-electron chi connectivity index (χ1n) is 4.09. The fourth-order valence-electron chi connectivity index (χ4n) is 0.874. The zero-order chi connectivity index (χ0) is 13.1. The molecule has 0 N–H and O–H groups in total. The van der Waals surface area contributed by atoms with Crippen LogP contribution in [0, 0.1) is 0 Å². The maximum Gasteiger partial charge on any atom is 0.420 e. The Labute approximate surface area is 94.7 Å². The van der Waals surface area contributed by atoms with Crippen molar-refractivity contribution in [1.29, 1.82) is 0 Å². The van der Waals surface area contributed by atoms with E-state index < -0.39 is 27.6 Å². The van der Waals surface area contributed by atoms with E-state index in [9.17, 15) is 21.6 Å². The van der Waals surface area contributed by atoms with Gasteiger partial charge in [0, 0.05) is 5.04 Å². The average Bonchev–Trinajstić information content (AvgIpc) is 2.15. The molecule has 0 aliphatic carbocycles. The van der Waals surface area contributed by atoms with Crippen molar-refractivity contribution < 1.29 is 35.8 Å². The van der Waals surface area contributed by atoms with Gasteiger partial charge in [-0.25, -0.2) is 0 Å². The van der Waals surface area contributed by atoms with Gasteiger partial charge in [-0.2, -0.15) is 21.6 Å². The number of hydrogen-bond acceptors (Lipinski definition) is 5. The SMILES string of the molecule is CS(=O)(=O)OOOc1ccccc1C(F)(F)F. The number of halogens is 3. The Morgan fingerprint density at radius 1 is 1.18 bits per heavy atom. The Balaban J connectivity index is 2.78. The minimum Gasteiger partial charge on any atom is -0.307 e. The third kappa shape index (κ3) is 4.59. The van der Waals surface area contributed by atoms with Gasteiger partial charge in [-0.3, -0.25) is 0 Å². The van der Waals surface area contributed by atoms with E-state index in [2.05, 4.69) is 14.3 Å². The fraction of sp³-hybridized carbons (Fsp3) is 0.250. The van der Waals surface area contributed by atoms with Crippen molar-refractivity contribution in [3.8, 4) is 5.75 Å². The second-order valence-electron chi connectivity index (χ2n) is 2.92. The van der Waals surface area contributed by atoms with Crippen molar-refractivity contribution in [2.45, 2.75) is 6.18 Å². The molecule has 5 nitrogen and oxygen atoms in total. The zero-order valence-corrected chi connectivity index (χ0v) is 9.21. The quantitative estimate of drug-likeness (QED) is 0.619. The molecule has 0 heterocycles. The summed E-state index contributed by atoms with van der Waals surface area (Å²) in [4.78, 5) is 4.12. The highest BCUT2D eigenvalue weighted by atomic mass is 32.2. The van der Waals surface area contributed by atoms with E-state index in [4.69, 9.17) is 0 Å². The molecular formula is C8H7F3O5S. The van der Waals surface area contributed by atoms with Crippen LogP contribution in [0.4, 0.5) is 13.2 Å². The molecule has 1 aromatic carbocycles. The van der Waals surface area contributed by atoms with Crippen LogP contribution in [0.2, 0.25) is 0 Å². The zero-order valence-electron chi connectivity index (χ0n) is 8.39. The van der Waals surface area contributed by atoms with Crippen molar-refractivity contribution in [1.82, 2.24) is 0 Å². The van der Waals surface area contributed by atoms with Crippen LogP contribution in [-0.2, 0) is 25.7 Å². The summed E-state index contributed by atoms with van der Waals surface area (Å²) in [5.41, 5.74) is -1.11. The lowest BCUT2D eigenvalue weighted by Crippen LogP contribution is -2.11. The summed E-state index contributed by atoms with van der Waals surface area (Å²) in [6.45, 7) is 0. The molecule has 0 amide bonds. The molecule has 0 radical (unpaired) electrons. The van der Waals surface area contributed by atoms with Gasteiger partial charge < -0.3 is 4.89 Å². The molecule has 0 aliphatic heterocycles. The van der Waals surface area contributed by atoms with Crippen molar-refractivity contribution >= 4 is 10.1 Å². The van der Waals surface area contributed by atoms with E-state index in [1.807, 2.05) is 0 Å². The predicted molar refractivity (Wildman–Crippen MR) is 49.1 cm³/mol. The van der Waals surface area contributed by atoms with Crippen LogP contribution in [0.25, 0.3) is 0 Å². The Morgan fingerprint density at radius 3 is 2.29 bits per heavy atom. The molecule has 0 saturated heterocycles. The van der Waals surface area contributed by atoms with Crippen LogP contribution < -0.4 is 4.89 Å². The molecule has 0 fully saturated rings. The van der Waals surface area contributed by atoms with Gasteiger partial charge in [-0.15, -0.1) is 0 Å². The van der Waals surface area contributed by atoms with Crippen molar-refractivity contribution in [2.75, 3.05) is 6.26 Å². The summed E-state index contributed by atoms with van der Waals surface area (Å²) in [6, 6.07) is 4.11. The lowest BCUT2D eigenvalue weighted by molar-refractivity contribution is -0.409. The standard InChI is InChI=1S/C8H7F3O5S/c1-17(12,13)16-15-14-7-5-3-2-4-6(7)8(9,10)11/h2-5H,1H3. The molecule has 1 rings (SSSR count). The van der Waals surface area contributed by atoms with E-state index in [-0.39, 0.29) is 0 Å². The first kappa shape index (κ1) is 13.7. The smallest absolute Gasteiger partial charge is 0.307 e. The minimum absolute atomic E-state index is 0.645. The lowest BCUT2D eigenvalue weighted by atomic mass is 10.2. The highest BCUT2D eigenvalue weighted by molar-refractivity contribution is 7.85. The van der Waals surface area contributed by atoms with Crippen LogP contribution in [0.1, 0.15) is 5.56 Å². The molecule has 96 valence electrons. The largest absolute Gasteiger partial charge is 0.420 e. The average molecular weight is 272 g/mol. The molecule has 0 atom stereocenters. The number of rotatable bonds is 4. The van der Waals surface area contributed by atoms with Gasteiger partial charge in [-0.05, 0) is 12.1 Å². The van der Waals surface area contributed by atoms with E-state index in [0.717, 1.165) is 18.2 Å². The Bertz CT molecular complexity index is 482. The Kier molecular flexibility index (Phi) is 3.96. The molecule has 17 heavy (non-hydrogen) atoms. The number of para-hydroxylation sites is 1. The summed E-state index contributed by atoms with van der Waals surface area (Å²) in [5, 5.41) is 3.73. The first-order chi connectivity index (χ1) is 7.70. The summed E-state index contributed by atoms with van der Waals surface area (Å²) in [7, 11) is -3.97. The fourth-order valence-corrected chi connectivity index (χ4v) is 1.00. The monoisotopic (exact) mass is 272 g/mol. The third-order valence-electron chi connectivity index (χ3n) is 1.47. The highest BCUT2D eigenvalue weighted by Crippen LogP contribution is 2.35. The van der Waals surface area contributed by atoms with Crippen LogP contribution in [0.5, 0.6) is 5.75 Å². The normalized spacial score (nSPS) is 12.5. The summed E-state index contributed by atoms with van der Waals surface area (Å²) >= 11 is 0. The molecule has 0 saturated carbocycles. The van der Waals surface area contributed by atoms with Gasteiger partial charge in [-0.1, -0.05) is 16.5 Å². The van der Waals surface area contributed by atoms with E-state index >= 15 is 0 Å². The number of hydrogen-bond donors (Lipinski definition) is 0. The first-order valence-corrected chi connectivity index (χ1v) is 5.91. The van der Waals surface area contributed by atoms with Gasteiger partial charge >= 0.3 is 6.18 Å². The third-order valence-corrected chi connectivity index (χ3v) is 1.77. The molecule has 1 aromatic rings. The van der Waals surface area contributed by atoms with Gasteiger partial charge in [0.1, 0.15) is 5.56 Å².